The second kappa shape index (κ2) is 24.6. The Morgan fingerprint density at radius 3 is 0.939 bits per heavy atom. The summed E-state index contributed by atoms with van der Waals surface area (Å²) in [4.78, 5) is 11.8. The zero-order valence-corrected chi connectivity index (χ0v) is 22.4. The molecule has 0 aromatic rings. The number of primary amides is 1. The van der Waals surface area contributed by atoms with Crippen LogP contribution < -0.4 is 11.1 Å². The number of carbonyl (C=O) groups is 1. The van der Waals surface area contributed by atoms with Crippen molar-refractivity contribution in [3.05, 3.63) is 0 Å². The van der Waals surface area contributed by atoms with Crippen LogP contribution in [0.25, 0.3) is 0 Å². The molecule has 1 unspecified atom stereocenters. The summed E-state index contributed by atoms with van der Waals surface area (Å²) in [5.41, 5.74) is 5.68. The third kappa shape index (κ3) is 21.7. The zero-order chi connectivity index (χ0) is 23.7. The van der Waals surface area contributed by atoms with Gasteiger partial charge in [-0.15, -0.1) is 0 Å². The molecule has 0 radical (unpaired) electrons. The van der Waals surface area contributed by atoms with E-state index in [0.717, 1.165) is 12.8 Å². The van der Waals surface area contributed by atoms with Crippen LogP contribution in [0.3, 0.4) is 0 Å². The van der Waals surface area contributed by atoms with Gasteiger partial charge >= 0.3 is 0 Å². The minimum atomic E-state index is -0.0606. The minimum absolute atomic E-state index is 0.0606. The average Bonchev–Trinajstić information content (AvgIpc) is 2.80. The van der Waals surface area contributed by atoms with Gasteiger partial charge in [0.2, 0.25) is 5.91 Å². The second-order valence-electron chi connectivity index (χ2n) is 10.9. The quantitative estimate of drug-likeness (QED) is 0.407. The summed E-state index contributed by atoms with van der Waals surface area (Å²) in [6, 6.07) is 0. The lowest BCUT2D eigenvalue weighted by atomic mass is 9.93. The molecule has 0 aromatic heterocycles. The van der Waals surface area contributed by atoms with Crippen molar-refractivity contribution in [1.29, 1.82) is 0 Å². The van der Waals surface area contributed by atoms with Gasteiger partial charge in [0.15, 0.2) is 0 Å². The van der Waals surface area contributed by atoms with E-state index in [1.54, 1.807) is 0 Å². The summed E-state index contributed by atoms with van der Waals surface area (Å²) in [6.07, 6.45) is 34.9. The second-order valence-corrected chi connectivity index (χ2v) is 10.9. The number of nitrogens with one attached hydrogen (secondary N) is 1. The van der Waals surface area contributed by atoms with Gasteiger partial charge in [0.05, 0.1) is 0 Å². The first-order chi connectivity index (χ1) is 16.3. The van der Waals surface area contributed by atoms with E-state index in [-0.39, 0.29) is 11.8 Å². The average molecular weight is 465 g/mol. The van der Waals surface area contributed by atoms with E-state index >= 15 is 0 Å². The number of hydrogen-bond acceptors (Lipinski definition) is 2. The molecule has 1 aliphatic rings. The van der Waals surface area contributed by atoms with Gasteiger partial charge in [-0.05, 0) is 38.8 Å². The molecule has 1 atom stereocenters. The predicted octanol–water partition coefficient (Wildman–Crippen LogP) is 8.83. The summed E-state index contributed by atoms with van der Waals surface area (Å²) >= 11 is 0. The molecule has 0 saturated carbocycles. The first kappa shape index (κ1) is 30.5. The molecule has 3 heteroatoms. The predicted molar refractivity (Wildman–Crippen MR) is 146 cm³/mol. The maximum Gasteiger partial charge on any atom is 0.220 e. The van der Waals surface area contributed by atoms with Gasteiger partial charge in [-0.25, -0.2) is 0 Å². The highest BCUT2D eigenvalue weighted by atomic mass is 16.1. The van der Waals surface area contributed by atoms with Gasteiger partial charge in [0.25, 0.3) is 0 Å². The van der Waals surface area contributed by atoms with Crippen LogP contribution in [0.2, 0.25) is 0 Å². The Kier molecular flexibility index (Phi) is 22.7. The Balaban J connectivity index is 2.16. The van der Waals surface area contributed by atoms with Crippen molar-refractivity contribution < 1.29 is 4.79 Å². The Bertz CT molecular complexity index is 382. The number of nitrogens with two attached hydrogens (primary N) is 1. The Hall–Kier alpha value is -0.570. The third-order valence-electron chi connectivity index (χ3n) is 7.71. The molecule has 1 amide bonds. The first-order valence-electron chi connectivity index (χ1n) is 15.3. The molecule has 0 bridgehead atoms. The maximum atomic E-state index is 11.8. The van der Waals surface area contributed by atoms with Gasteiger partial charge in [0.1, 0.15) is 0 Å². The highest BCUT2D eigenvalue weighted by Gasteiger charge is 2.14. The topological polar surface area (TPSA) is 55.1 Å². The highest BCUT2D eigenvalue weighted by molar-refractivity contribution is 5.76. The molecule has 3 N–H and O–H groups in total. The van der Waals surface area contributed by atoms with Crippen LogP contribution in [-0.4, -0.2) is 19.0 Å². The van der Waals surface area contributed by atoms with E-state index in [9.17, 15) is 4.79 Å². The smallest absolute Gasteiger partial charge is 0.220 e. The normalized spacial score (nSPS) is 25.0. The number of amides is 1. The molecule has 0 aromatic carbocycles. The van der Waals surface area contributed by atoms with Gasteiger partial charge in [-0.2, -0.15) is 0 Å². The van der Waals surface area contributed by atoms with Crippen molar-refractivity contribution in [3.63, 3.8) is 0 Å². The largest absolute Gasteiger partial charge is 0.369 e. The van der Waals surface area contributed by atoms with Gasteiger partial charge in [0, 0.05) is 5.92 Å². The van der Waals surface area contributed by atoms with Crippen LogP contribution in [0.5, 0.6) is 0 Å². The van der Waals surface area contributed by atoms with Gasteiger partial charge < -0.3 is 11.1 Å². The maximum absolute atomic E-state index is 11.8. The summed E-state index contributed by atoms with van der Waals surface area (Å²) < 4.78 is 0. The van der Waals surface area contributed by atoms with Crippen LogP contribution >= 0.6 is 0 Å². The summed E-state index contributed by atoms with van der Waals surface area (Å²) in [5, 5.41) is 3.64. The fourth-order valence-corrected chi connectivity index (χ4v) is 5.37. The molecular weight excluding hydrogens is 404 g/mol. The Labute approximate surface area is 207 Å². The molecule has 1 rings (SSSR count). The molecule has 196 valence electrons. The summed E-state index contributed by atoms with van der Waals surface area (Å²) in [7, 11) is 0. The number of rotatable bonds is 1. The third-order valence-corrected chi connectivity index (χ3v) is 7.71. The van der Waals surface area contributed by atoms with Crippen molar-refractivity contribution >= 4 is 5.91 Å². The fraction of sp³-hybridized carbons (Fsp3) is 0.967. The van der Waals surface area contributed by atoms with E-state index < -0.39 is 0 Å². The number of carbonyl (C=O) groups excluding carboxylic acids is 1. The highest BCUT2D eigenvalue weighted by Crippen LogP contribution is 2.20. The molecule has 1 aliphatic heterocycles. The molecule has 1 heterocycles. The van der Waals surface area contributed by atoms with Gasteiger partial charge in [-0.1, -0.05) is 141 Å². The fourth-order valence-electron chi connectivity index (χ4n) is 5.37. The van der Waals surface area contributed by atoms with Crippen LogP contribution in [0, 0.1) is 5.92 Å². The lowest BCUT2D eigenvalue weighted by molar-refractivity contribution is -0.122. The van der Waals surface area contributed by atoms with Gasteiger partial charge in [-0.3, -0.25) is 4.79 Å². The summed E-state index contributed by atoms with van der Waals surface area (Å²) in [5.74, 6) is 0.0624. The molecule has 0 spiro atoms. The SMILES string of the molecule is NC(=O)C1CCCCCCCCCCCCCCCCCCNCCCCCCCCCC1. The minimum Gasteiger partial charge on any atom is -0.369 e. The Morgan fingerprint density at radius 1 is 0.424 bits per heavy atom. The van der Waals surface area contributed by atoms with Crippen molar-refractivity contribution in [2.24, 2.45) is 11.7 Å². The first-order valence-corrected chi connectivity index (χ1v) is 15.3. The molecule has 1 fully saturated rings. The molecule has 0 aliphatic carbocycles. The Morgan fingerprint density at radius 2 is 0.667 bits per heavy atom. The molecular formula is C30H60N2O. The molecule has 3 nitrogen and oxygen atoms in total. The molecule has 33 heavy (non-hydrogen) atoms. The lowest BCUT2D eigenvalue weighted by Gasteiger charge is -2.13. The zero-order valence-electron chi connectivity index (χ0n) is 22.4. The summed E-state index contributed by atoms with van der Waals surface area (Å²) in [6.45, 7) is 2.42. The van der Waals surface area contributed by atoms with Crippen molar-refractivity contribution in [2.45, 2.75) is 167 Å². The van der Waals surface area contributed by atoms with Crippen molar-refractivity contribution in [3.8, 4) is 0 Å². The monoisotopic (exact) mass is 464 g/mol. The van der Waals surface area contributed by atoms with E-state index in [2.05, 4.69) is 5.32 Å². The van der Waals surface area contributed by atoms with Crippen LogP contribution in [0.15, 0.2) is 0 Å². The lowest BCUT2D eigenvalue weighted by Crippen LogP contribution is -2.23. The van der Waals surface area contributed by atoms with Crippen LogP contribution in [0.1, 0.15) is 167 Å². The van der Waals surface area contributed by atoms with Crippen molar-refractivity contribution in [2.75, 3.05) is 13.1 Å². The van der Waals surface area contributed by atoms with Crippen molar-refractivity contribution in [1.82, 2.24) is 5.32 Å². The van der Waals surface area contributed by atoms with E-state index in [1.165, 1.54) is 167 Å². The van der Waals surface area contributed by atoms with E-state index in [4.69, 9.17) is 5.73 Å². The molecule has 1 saturated heterocycles. The van der Waals surface area contributed by atoms with E-state index in [1.807, 2.05) is 0 Å². The number of hydrogen-bond donors (Lipinski definition) is 2. The van der Waals surface area contributed by atoms with E-state index in [0.29, 0.717) is 0 Å². The van der Waals surface area contributed by atoms with Crippen LogP contribution in [0.4, 0.5) is 0 Å². The van der Waals surface area contributed by atoms with Crippen LogP contribution in [-0.2, 0) is 4.79 Å². The standard InChI is InChI=1S/C30H60N2O/c31-30(33)29-25-21-17-13-9-7-5-3-1-2-4-6-8-11-15-19-23-27-32-28-24-20-16-12-10-14-18-22-26-29/h29,32H,1-28H2,(H2,31,33).